The molecule has 5 N–H and O–H groups in total. The van der Waals surface area contributed by atoms with Crippen molar-refractivity contribution in [2.75, 3.05) is 10.6 Å². The highest BCUT2D eigenvalue weighted by Crippen LogP contribution is 2.48. The average Bonchev–Trinajstić information content (AvgIpc) is 2.79. The summed E-state index contributed by atoms with van der Waals surface area (Å²) in [6, 6.07) is 3.66. The molecule has 7 heteroatoms. The van der Waals surface area contributed by atoms with E-state index in [4.69, 9.17) is 0 Å². The largest absolute Gasteiger partial charge is 0.507 e. The van der Waals surface area contributed by atoms with Crippen LogP contribution in [0.1, 0.15) is 45.7 Å². The third-order valence-corrected chi connectivity index (χ3v) is 4.26. The normalized spacial score (nSPS) is 16.8. The molecule has 0 atom stereocenters. The monoisotopic (exact) mass is 326 g/mol. The zero-order valence-corrected chi connectivity index (χ0v) is 12.9. The number of phenols is 3. The lowest BCUT2D eigenvalue weighted by Crippen LogP contribution is -2.34. The van der Waals surface area contributed by atoms with Crippen LogP contribution in [0.4, 0.5) is 11.4 Å². The second kappa shape index (κ2) is 4.19. The summed E-state index contributed by atoms with van der Waals surface area (Å²) in [4.78, 5) is 25.7. The molecule has 2 aromatic rings. The minimum absolute atomic E-state index is 0.0125. The number of ketones is 2. The van der Waals surface area contributed by atoms with Crippen molar-refractivity contribution < 1.29 is 24.9 Å². The van der Waals surface area contributed by atoms with Crippen LogP contribution in [-0.4, -0.2) is 32.5 Å². The van der Waals surface area contributed by atoms with E-state index in [9.17, 15) is 24.9 Å². The summed E-state index contributed by atoms with van der Waals surface area (Å²) >= 11 is 0. The molecule has 0 aromatic heterocycles. The zero-order valence-electron chi connectivity index (χ0n) is 12.9. The van der Waals surface area contributed by atoms with Gasteiger partial charge in [-0.05, 0) is 26.0 Å². The highest BCUT2D eigenvalue weighted by molar-refractivity contribution is 6.33. The van der Waals surface area contributed by atoms with E-state index in [0.717, 1.165) is 12.1 Å². The van der Waals surface area contributed by atoms with Gasteiger partial charge >= 0.3 is 0 Å². The van der Waals surface area contributed by atoms with Gasteiger partial charge in [0.15, 0.2) is 0 Å². The number of hydrogen-bond donors (Lipinski definition) is 5. The smallest absolute Gasteiger partial charge is 0.202 e. The summed E-state index contributed by atoms with van der Waals surface area (Å²) in [5.41, 5.74) is -0.450. The fraction of sp³-hybridized carbons (Fsp3) is 0.176. The van der Waals surface area contributed by atoms with E-state index in [-0.39, 0.29) is 28.0 Å². The van der Waals surface area contributed by atoms with Gasteiger partial charge < -0.3 is 26.0 Å². The van der Waals surface area contributed by atoms with Gasteiger partial charge in [0.05, 0.1) is 33.6 Å². The number of carbonyl (C=O) groups is 2. The molecule has 0 radical (unpaired) electrons. The minimum atomic E-state index is -0.709. The summed E-state index contributed by atoms with van der Waals surface area (Å²) in [6.45, 7) is 3.67. The molecule has 7 nitrogen and oxygen atoms in total. The summed E-state index contributed by atoms with van der Waals surface area (Å²) in [5, 5.41) is 36.5. The number of anilines is 2. The van der Waals surface area contributed by atoms with Crippen molar-refractivity contribution in [3.05, 3.63) is 40.5 Å². The van der Waals surface area contributed by atoms with Crippen LogP contribution < -0.4 is 10.6 Å². The predicted molar refractivity (Wildman–Crippen MR) is 86.1 cm³/mol. The SMILES string of the molecule is CC1(C)Nc2cc(O)c3c(c2N1)C(=O)c1c(O)ccc(O)c1C3=O. The quantitative estimate of drug-likeness (QED) is 0.402. The second-order valence-corrected chi connectivity index (χ2v) is 6.46. The van der Waals surface area contributed by atoms with Crippen LogP contribution in [0.3, 0.4) is 0 Å². The van der Waals surface area contributed by atoms with E-state index in [2.05, 4.69) is 10.6 Å². The maximum atomic E-state index is 12.9. The Morgan fingerprint density at radius 1 is 0.792 bits per heavy atom. The van der Waals surface area contributed by atoms with Crippen LogP contribution in [0.25, 0.3) is 0 Å². The molecule has 0 fully saturated rings. The van der Waals surface area contributed by atoms with E-state index < -0.39 is 28.7 Å². The van der Waals surface area contributed by atoms with E-state index in [1.54, 1.807) is 0 Å². The molecule has 0 saturated heterocycles. The molecule has 1 aliphatic heterocycles. The van der Waals surface area contributed by atoms with Gasteiger partial charge in [0.25, 0.3) is 0 Å². The molecule has 2 aliphatic rings. The van der Waals surface area contributed by atoms with Crippen molar-refractivity contribution in [1.82, 2.24) is 0 Å². The van der Waals surface area contributed by atoms with Gasteiger partial charge in [-0.15, -0.1) is 0 Å². The van der Waals surface area contributed by atoms with Crippen LogP contribution in [0.15, 0.2) is 18.2 Å². The Kier molecular flexibility index (Phi) is 2.51. The molecule has 24 heavy (non-hydrogen) atoms. The van der Waals surface area contributed by atoms with Crippen LogP contribution in [0, 0.1) is 0 Å². The molecular formula is C17H14N2O5. The number of rotatable bonds is 0. The standard InChI is InChI=1S/C17H14N2O5/c1-17(2)18-6-5-9(22)12-13(14(6)19-17)16(24)11-8(21)4-3-7(20)10(11)15(12)23/h3-5,18-22H,1-2H3. The van der Waals surface area contributed by atoms with Gasteiger partial charge in [-0.2, -0.15) is 0 Å². The molecule has 0 amide bonds. The van der Waals surface area contributed by atoms with Crippen molar-refractivity contribution >= 4 is 22.9 Å². The van der Waals surface area contributed by atoms with Gasteiger partial charge in [0.1, 0.15) is 22.9 Å². The first-order valence-electron chi connectivity index (χ1n) is 7.32. The maximum absolute atomic E-state index is 12.9. The van der Waals surface area contributed by atoms with Gasteiger partial charge in [0, 0.05) is 6.07 Å². The second-order valence-electron chi connectivity index (χ2n) is 6.46. The van der Waals surface area contributed by atoms with Gasteiger partial charge in [0.2, 0.25) is 11.6 Å². The molecule has 0 saturated carbocycles. The van der Waals surface area contributed by atoms with Crippen LogP contribution in [0.2, 0.25) is 0 Å². The number of aromatic hydroxyl groups is 3. The molecule has 1 heterocycles. The summed E-state index contributed by atoms with van der Waals surface area (Å²) in [5.74, 6) is -2.51. The predicted octanol–water partition coefficient (Wildman–Crippen LogP) is 2.15. The Labute approximate surface area is 136 Å². The topological polar surface area (TPSA) is 119 Å². The Bertz CT molecular complexity index is 962. The first-order valence-corrected chi connectivity index (χ1v) is 7.32. The van der Waals surface area contributed by atoms with Gasteiger partial charge in [-0.3, -0.25) is 9.59 Å². The fourth-order valence-electron chi connectivity index (χ4n) is 3.32. The summed E-state index contributed by atoms with van der Waals surface area (Å²) in [6.07, 6.45) is 0. The average molecular weight is 326 g/mol. The van der Waals surface area contributed by atoms with Crippen molar-refractivity contribution in [3.63, 3.8) is 0 Å². The Morgan fingerprint density at radius 3 is 1.88 bits per heavy atom. The van der Waals surface area contributed by atoms with Crippen LogP contribution in [-0.2, 0) is 0 Å². The highest BCUT2D eigenvalue weighted by Gasteiger charge is 2.41. The fourth-order valence-corrected chi connectivity index (χ4v) is 3.32. The Hall–Kier alpha value is -3.22. The molecule has 0 unspecified atom stereocenters. The molecule has 122 valence electrons. The maximum Gasteiger partial charge on any atom is 0.202 e. The lowest BCUT2D eigenvalue weighted by atomic mass is 9.81. The third-order valence-electron chi connectivity index (χ3n) is 4.26. The van der Waals surface area contributed by atoms with Crippen LogP contribution >= 0.6 is 0 Å². The van der Waals surface area contributed by atoms with Gasteiger partial charge in [-0.1, -0.05) is 0 Å². The number of fused-ring (bicyclic) bond motifs is 4. The van der Waals surface area contributed by atoms with E-state index >= 15 is 0 Å². The lowest BCUT2D eigenvalue weighted by molar-refractivity contribution is 0.0972. The van der Waals surface area contributed by atoms with Gasteiger partial charge in [-0.25, -0.2) is 0 Å². The molecule has 0 spiro atoms. The lowest BCUT2D eigenvalue weighted by Gasteiger charge is -2.23. The van der Waals surface area contributed by atoms with E-state index in [1.165, 1.54) is 6.07 Å². The summed E-state index contributed by atoms with van der Waals surface area (Å²) in [7, 11) is 0. The molecule has 2 aromatic carbocycles. The number of nitrogens with one attached hydrogen (secondary N) is 2. The number of hydrogen-bond acceptors (Lipinski definition) is 7. The van der Waals surface area contributed by atoms with Crippen molar-refractivity contribution in [3.8, 4) is 17.2 Å². The molecule has 4 rings (SSSR count). The highest BCUT2D eigenvalue weighted by atomic mass is 16.3. The van der Waals surface area contributed by atoms with Crippen LogP contribution in [0.5, 0.6) is 17.2 Å². The first-order chi connectivity index (χ1) is 11.2. The third kappa shape index (κ3) is 1.66. The van der Waals surface area contributed by atoms with Crippen molar-refractivity contribution in [1.29, 1.82) is 0 Å². The molecule has 0 bridgehead atoms. The number of benzene rings is 2. The Morgan fingerprint density at radius 2 is 1.29 bits per heavy atom. The van der Waals surface area contributed by atoms with E-state index in [0.29, 0.717) is 11.4 Å². The van der Waals surface area contributed by atoms with Crippen molar-refractivity contribution in [2.24, 2.45) is 0 Å². The number of carbonyl (C=O) groups excluding carboxylic acids is 2. The first kappa shape index (κ1) is 14.4. The summed E-state index contributed by atoms with van der Waals surface area (Å²) < 4.78 is 0. The molecular weight excluding hydrogens is 312 g/mol. The van der Waals surface area contributed by atoms with Crippen molar-refractivity contribution in [2.45, 2.75) is 19.5 Å². The molecule has 1 aliphatic carbocycles. The zero-order chi connectivity index (χ0) is 17.4. The number of phenolic OH excluding ortho intramolecular Hbond substituents is 3. The minimum Gasteiger partial charge on any atom is -0.507 e. The Balaban J connectivity index is 2.08. The van der Waals surface area contributed by atoms with E-state index in [1.807, 2.05) is 13.8 Å².